The van der Waals surface area contributed by atoms with E-state index in [9.17, 15) is 18.0 Å². The molecule has 11 heteroatoms. The lowest BCUT2D eigenvalue weighted by atomic mass is 9.78. The summed E-state index contributed by atoms with van der Waals surface area (Å²) in [6.45, 7) is 5.81. The highest BCUT2D eigenvalue weighted by atomic mass is 32.1. The van der Waals surface area contributed by atoms with Crippen molar-refractivity contribution in [3.8, 4) is 0 Å². The highest BCUT2D eigenvalue weighted by Crippen LogP contribution is 2.46. The zero-order chi connectivity index (χ0) is 22.1. The second kappa shape index (κ2) is 8.38. The van der Waals surface area contributed by atoms with Gasteiger partial charge in [0.2, 0.25) is 5.91 Å². The molecule has 4 rings (SSSR count). The van der Waals surface area contributed by atoms with Crippen LogP contribution in [0.15, 0.2) is 29.2 Å². The van der Waals surface area contributed by atoms with E-state index in [0.29, 0.717) is 11.8 Å². The number of halogens is 3. The topological polar surface area (TPSA) is 78.7 Å². The number of aliphatic carboxylic acids is 1. The Morgan fingerprint density at radius 2 is 2.13 bits per heavy atom. The molecule has 2 atom stereocenters. The number of rotatable bonds is 3. The molecule has 2 aromatic heterocycles. The van der Waals surface area contributed by atoms with Crippen molar-refractivity contribution in [2.24, 2.45) is 18.4 Å². The van der Waals surface area contributed by atoms with Crippen LogP contribution in [0.3, 0.4) is 0 Å². The van der Waals surface area contributed by atoms with E-state index >= 15 is 0 Å². The molecule has 1 spiro atoms. The highest BCUT2D eigenvalue weighted by Gasteiger charge is 2.55. The van der Waals surface area contributed by atoms with Gasteiger partial charge >= 0.3 is 12.1 Å². The molecule has 7 nitrogen and oxygen atoms in total. The Balaban J connectivity index is 0.000000318. The molecule has 1 N–H and O–H groups in total. The van der Waals surface area contributed by atoms with Gasteiger partial charge in [-0.1, -0.05) is 6.92 Å². The number of likely N-dealkylation sites (tertiary alicyclic amines) is 1. The van der Waals surface area contributed by atoms with Crippen molar-refractivity contribution in [2.75, 3.05) is 24.5 Å². The van der Waals surface area contributed by atoms with E-state index < -0.39 is 12.1 Å². The molecule has 0 radical (unpaired) electrons. The number of hydrogen-bond donors (Lipinski definition) is 1. The number of aromatic nitrogens is 2. The van der Waals surface area contributed by atoms with Crippen LogP contribution in [0.1, 0.15) is 18.9 Å². The first-order chi connectivity index (χ1) is 14.0. The molecule has 2 aliphatic heterocycles. The first-order valence-electron chi connectivity index (χ1n) is 9.37. The Morgan fingerprint density at radius 1 is 1.43 bits per heavy atom. The van der Waals surface area contributed by atoms with Crippen LogP contribution in [0.2, 0.25) is 0 Å². The lowest BCUT2D eigenvalue weighted by Gasteiger charge is -2.26. The van der Waals surface area contributed by atoms with Gasteiger partial charge in [-0.2, -0.15) is 29.6 Å². The first kappa shape index (κ1) is 22.3. The van der Waals surface area contributed by atoms with Gasteiger partial charge < -0.3 is 10.0 Å². The van der Waals surface area contributed by atoms with Crippen molar-refractivity contribution < 1.29 is 27.9 Å². The van der Waals surface area contributed by atoms with Crippen LogP contribution in [0, 0.1) is 11.3 Å². The Kier molecular flexibility index (Phi) is 6.23. The number of hydrogen-bond acceptors (Lipinski definition) is 5. The molecule has 2 fully saturated rings. The third kappa shape index (κ3) is 4.51. The fraction of sp³-hybridized carbons (Fsp3) is 0.526. The monoisotopic (exact) mass is 444 g/mol. The number of anilines is 1. The lowest BCUT2D eigenvalue weighted by Crippen LogP contribution is -2.39. The molecule has 4 heterocycles. The van der Waals surface area contributed by atoms with Crippen LogP contribution >= 0.6 is 11.3 Å². The van der Waals surface area contributed by atoms with Crippen LogP contribution in [0.25, 0.3) is 0 Å². The van der Waals surface area contributed by atoms with E-state index in [1.54, 1.807) is 11.3 Å². The maximum atomic E-state index is 13.1. The fourth-order valence-corrected chi connectivity index (χ4v) is 4.81. The number of carboxylic acids is 1. The minimum absolute atomic E-state index is 0.204. The summed E-state index contributed by atoms with van der Waals surface area (Å²) in [5.74, 6) is -2.04. The number of alkyl halides is 3. The summed E-state index contributed by atoms with van der Waals surface area (Å²) in [6, 6.07) is 2.05. The molecule has 0 aromatic carbocycles. The van der Waals surface area contributed by atoms with Crippen LogP contribution in [-0.4, -0.2) is 57.5 Å². The van der Waals surface area contributed by atoms with Gasteiger partial charge in [0, 0.05) is 50.4 Å². The summed E-state index contributed by atoms with van der Waals surface area (Å²) >= 11 is 1.65. The van der Waals surface area contributed by atoms with E-state index in [0.717, 1.165) is 38.3 Å². The summed E-state index contributed by atoms with van der Waals surface area (Å²) in [7, 11) is 1.94. The van der Waals surface area contributed by atoms with E-state index in [1.807, 2.05) is 28.2 Å². The van der Waals surface area contributed by atoms with Crippen molar-refractivity contribution in [1.29, 1.82) is 0 Å². The maximum Gasteiger partial charge on any atom is 0.490 e. The second-order valence-corrected chi connectivity index (χ2v) is 8.52. The molecule has 164 valence electrons. The van der Waals surface area contributed by atoms with Crippen molar-refractivity contribution in [1.82, 2.24) is 14.7 Å². The quantitative estimate of drug-likeness (QED) is 0.788. The minimum atomic E-state index is -5.08. The van der Waals surface area contributed by atoms with Gasteiger partial charge in [-0.3, -0.25) is 14.4 Å². The molecular weight excluding hydrogens is 421 g/mol. The molecule has 2 aromatic rings. The van der Waals surface area contributed by atoms with E-state index in [1.165, 1.54) is 5.56 Å². The number of carboxylic acid groups (broad SMARTS) is 1. The summed E-state index contributed by atoms with van der Waals surface area (Å²) in [4.78, 5) is 26.4. The van der Waals surface area contributed by atoms with E-state index in [-0.39, 0.29) is 5.41 Å². The smallest absolute Gasteiger partial charge is 0.475 e. The van der Waals surface area contributed by atoms with Gasteiger partial charge in [-0.15, -0.1) is 0 Å². The number of aryl methyl sites for hydroxylation is 1. The Labute approximate surface area is 175 Å². The molecule has 1 amide bonds. The average Bonchev–Trinajstić information content (AvgIpc) is 3.41. The van der Waals surface area contributed by atoms with Crippen LogP contribution in [0.4, 0.5) is 18.9 Å². The molecule has 2 saturated heterocycles. The minimum Gasteiger partial charge on any atom is -0.475 e. The van der Waals surface area contributed by atoms with Crippen LogP contribution in [-0.2, 0) is 23.2 Å². The number of nitrogens with zero attached hydrogens (tertiary/aromatic N) is 4. The van der Waals surface area contributed by atoms with Gasteiger partial charge in [0.05, 0.1) is 17.3 Å². The van der Waals surface area contributed by atoms with Crippen LogP contribution in [0.5, 0.6) is 0 Å². The third-order valence-corrected chi connectivity index (χ3v) is 6.33. The zero-order valence-electron chi connectivity index (χ0n) is 16.6. The summed E-state index contributed by atoms with van der Waals surface area (Å²) in [5, 5.41) is 15.5. The largest absolute Gasteiger partial charge is 0.490 e. The Morgan fingerprint density at radius 3 is 2.67 bits per heavy atom. The van der Waals surface area contributed by atoms with Crippen molar-refractivity contribution >= 4 is 28.9 Å². The number of thiophene rings is 1. The molecule has 30 heavy (non-hydrogen) atoms. The number of amides is 1. The fourth-order valence-electron chi connectivity index (χ4n) is 4.16. The highest BCUT2D eigenvalue weighted by molar-refractivity contribution is 7.08. The van der Waals surface area contributed by atoms with Gasteiger partial charge in [-0.05, 0) is 23.8 Å². The molecular formula is C19H23F3N4O3S. The standard InChI is InChI=1S/C17H22N4OS.C2HF3O2/c1-13-8-20(10-14-7-18-19(2)9-14)12-17(13)4-5-21(16(17)22)15-3-6-23-11-15;3-2(4,5)1(6)7/h3,6-7,9,11,13H,4-5,8,10,12H2,1-2H3;(H,6,7)/t13-,17-;/m1./s1. The predicted octanol–water partition coefficient (Wildman–Crippen LogP) is 2.99. The summed E-state index contributed by atoms with van der Waals surface area (Å²) in [6.07, 6.45) is -0.139. The van der Waals surface area contributed by atoms with Gasteiger partial charge in [0.15, 0.2) is 0 Å². The molecule has 0 aliphatic carbocycles. The van der Waals surface area contributed by atoms with Crippen molar-refractivity contribution in [3.05, 3.63) is 34.8 Å². The number of carbonyl (C=O) groups is 2. The normalized spacial score (nSPS) is 24.4. The van der Waals surface area contributed by atoms with Gasteiger partial charge in [-0.25, -0.2) is 4.79 Å². The number of carbonyl (C=O) groups excluding carboxylic acids is 1. The Hall–Kier alpha value is -2.40. The molecule has 0 bridgehead atoms. The molecule has 0 saturated carbocycles. The third-order valence-electron chi connectivity index (χ3n) is 5.66. The van der Waals surface area contributed by atoms with E-state index in [4.69, 9.17) is 9.90 Å². The second-order valence-electron chi connectivity index (χ2n) is 7.74. The van der Waals surface area contributed by atoms with Gasteiger partial charge in [0.25, 0.3) is 0 Å². The Bertz CT molecular complexity index is 899. The maximum absolute atomic E-state index is 13.1. The van der Waals surface area contributed by atoms with Crippen molar-refractivity contribution in [2.45, 2.75) is 26.1 Å². The zero-order valence-corrected chi connectivity index (χ0v) is 17.4. The lowest BCUT2D eigenvalue weighted by molar-refractivity contribution is -0.192. The molecule has 2 aliphatic rings. The average molecular weight is 444 g/mol. The SMILES string of the molecule is C[C@@H]1CN(Cc2cnn(C)c2)C[C@]12CCN(c1ccsc1)C2=O.O=C(O)C(F)(F)F. The van der Waals surface area contributed by atoms with Gasteiger partial charge in [0.1, 0.15) is 0 Å². The predicted molar refractivity (Wildman–Crippen MR) is 105 cm³/mol. The van der Waals surface area contributed by atoms with Crippen molar-refractivity contribution in [3.63, 3.8) is 0 Å². The van der Waals surface area contributed by atoms with E-state index in [2.05, 4.69) is 34.6 Å². The summed E-state index contributed by atoms with van der Waals surface area (Å²) in [5.41, 5.74) is 2.08. The molecule has 0 unspecified atom stereocenters. The van der Waals surface area contributed by atoms with Crippen LogP contribution < -0.4 is 4.90 Å². The summed E-state index contributed by atoms with van der Waals surface area (Å²) < 4.78 is 33.6. The first-order valence-corrected chi connectivity index (χ1v) is 10.3.